The van der Waals surface area contributed by atoms with Gasteiger partial charge in [-0.25, -0.2) is 4.98 Å². The van der Waals surface area contributed by atoms with Crippen molar-refractivity contribution in [2.75, 3.05) is 11.9 Å². The summed E-state index contributed by atoms with van der Waals surface area (Å²) in [5.74, 6) is -0.189. The van der Waals surface area contributed by atoms with Crippen molar-refractivity contribution in [3.63, 3.8) is 0 Å². The molecule has 0 spiro atoms. The van der Waals surface area contributed by atoms with Crippen LogP contribution in [-0.2, 0) is 19.5 Å². The Balaban J connectivity index is 1.43. The predicted octanol–water partition coefficient (Wildman–Crippen LogP) is 4.11. The van der Waals surface area contributed by atoms with E-state index < -0.39 is 0 Å². The smallest absolute Gasteiger partial charge is 0.259 e. The third-order valence-electron chi connectivity index (χ3n) is 4.25. The topological polar surface area (TPSA) is 58.1 Å². The summed E-state index contributed by atoms with van der Waals surface area (Å²) in [6.07, 6.45) is 4.11. The molecular weight excluding hydrogens is 412 g/mol. The first kappa shape index (κ1) is 17.3. The van der Waals surface area contributed by atoms with Crippen molar-refractivity contribution in [2.24, 2.45) is 0 Å². The summed E-state index contributed by atoms with van der Waals surface area (Å²) in [5.41, 5.74) is 2.93. The molecule has 0 saturated carbocycles. The number of nitrogens with zero attached hydrogens (tertiary/aromatic N) is 3. The summed E-state index contributed by atoms with van der Waals surface area (Å²) in [4.78, 5) is 24.7. The van der Waals surface area contributed by atoms with Crippen LogP contribution in [0.2, 0.25) is 0 Å². The Labute approximate surface area is 164 Å². The molecule has 2 aromatic heterocycles. The number of nitrogens with one attached hydrogen (secondary N) is 1. The molecule has 5 nitrogen and oxygen atoms in total. The average Bonchev–Trinajstić information content (AvgIpc) is 3.04. The number of fused-ring (bicyclic) bond motifs is 1. The van der Waals surface area contributed by atoms with Crippen molar-refractivity contribution < 1.29 is 4.79 Å². The summed E-state index contributed by atoms with van der Waals surface area (Å²) in [7, 11) is 0. The molecule has 0 fully saturated rings. The van der Waals surface area contributed by atoms with Gasteiger partial charge in [-0.3, -0.25) is 20.0 Å². The number of aromatic nitrogens is 2. The van der Waals surface area contributed by atoms with E-state index in [1.54, 1.807) is 29.8 Å². The number of hydrogen-bond donors (Lipinski definition) is 1. The minimum atomic E-state index is -0.189. The van der Waals surface area contributed by atoms with Crippen LogP contribution in [-0.4, -0.2) is 27.3 Å². The van der Waals surface area contributed by atoms with Gasteiger partial charge in [0.15, 0.2) is 5.13 Å². The van der Waals surface area contributed by atoms with Crippen molar-refractivity contribution >= 4 is 38.3 Å². The van der Waals surface area contributed by atoms with Crippen LogP contribution in [0.3, 0.4) is 0 Å². The first-order valence-corrected chi connectivity index (χ1v) is 9.95. The van der Waals surface area contributed by atoms with E-state index in [-0.39, 0.29) is 5.91 Å². The summed E-state index contributed by atoms with van der Waals surface area (Å²) >= 11 is 4.89. The number of rotatable bonds is 4. The maximum absolute atomic E-state index is 12.4. The fourth-order valence-electron chi connectivity index (χ4n) is 2.98. The van der Waals surface area contributed by atoms with E-state index in [1.807, 2.05) is 6.07 Å². The van der Waals surface area contributed by atoms with Crippen molar-refractivity contribution in [1.29, 1.82) is 0 Å². The zero-order chi connectivity index (χ0) is 17.9. The van der Waals surface area contributed by atoms with Crippen LogP contribution in [0.15, 0.2) is 53.3 Å². The van der Waals surface area contributed by atoms with Gasteiger partial charge in [-0.1, -0.05) is 30.3 Å². The minimum absolute atomic E-state index is 0.189. The van der Waals surface area contributed by atoms with Gasteiger partial charge in [-0.2, -0.15) is 0 Å². The number of anilines is 1. The SMILES string of the molecule is O=C(Nc1nc2c(s1)CN(Cc1ccccc1)CC2)c1cncc(Br)c1. The standard InChI is InChI=1S/C19H17BrN4OS/c20-15-8-14(9-21-10-15)18(25)23-19-22-16-6-7-24(12-17(16)26-19)11-13-4-2-1-3-5-13/h1-5,8-10H,6-7,11-12H2,(H,22,23,25). The number of halogens is 1. The van der Waals surface area contributed by atoms with Crippen LogP contribution >= 0.6 is 27.3 Å². The summed E-state index contributed by atoms with van der Waals surface area (Å²) < 4.78 is 0.778. The number of hydrogen-bond acceptors (Lipinski definition) is 5. The molecule has 3 aromatic rings. The number of pyridine rings is 1. The Morgan fingerprint density at radius 1 is 1.27 bits per heavy atom. The second kappa shape index (κ2) is 7.65. The third-order valence-corrected chi connectivity index (χ3v) is 5.68. The number of amides is 1. The third kappa shape index (κ3) is 4.00. The van der Waals surface area contributed by atoms with Gasteiger partial charge in [-0.15, -0.1) is 11.3 Å². The lowest BCUT2D eigenvalue weighted by Gasteiger charge is -2.25. The lowest BCUT2D eigenvalue weighted by atomic mass is 10.1. The molecule has 0 radical (unpaired) electrons. The van der Waals surface area contributed by atoms with Gasteiger partial charge in [0.25, 0.3) is 5.91 Å². The molecule has 0 bridgehead atoms. The van der Waals surface area contributed by atoms with Gasteiger partial charge in [0.1, 0.15) is 0 Å². The van der Waals surface area contributed by atoms with E-state index in [4.69, 9.17) is 0 Å². The second-order valence-electron chi connectivity index (χ2n) is 6.18. The average molecular weight is 429 g/mol. The molecule has 0 saturated heterocycles. The van der Waals surface area contributed by atoms with Crippen LogP contribution in [0.5, 0.6) is 0 Å². The summed E-state index contributed by atoms with van der Waals surface area (Å²) in [5, 5.41) is 3.55. The van der Waals surface area contributed by atoms with Crippen molar-refractivity contribution in [2.45, 2.75) is 19.5 Å². The second-order valence-corrected chi connectivity index (χ2v) is 8.18. The van der Waals surface area contributed by atoms with E-state index in [9.17, 15) is 4.79 Å². The van der Waals surface area contributed by atoms with E-state index >= 15 is 0 Å². The highest BCUT2D eigenvalue weighted by Crippen LogP contribution is 2.29. The Kier molecular flexibility index (Phi) is 5.10. The Hall–Kier alpha value is -2.09. The molecule has 4 rings (SSSR count). The number of benzene rings is 1. The maximum Gasteiger partial charge on any atom is 0.259 e. The van der Waals surface area contributed by atoms with Crippen LogP contribution in [0, 0.1) is 0 Å². The largest absolute Gasteiger partial charge is 0.298 e. The van der Waals surface area contributed by atoms with Crippen LogP contribution in [0.4, 0.5) is 5.13 Å². The van der Waals surface area contributed by atoms with Crippen LogP contribution in [0.25, 0.3) is 0 Å². The van der Waals surface area contributed by atoms with Crippen LogP contribution in [0.1, 0.15) is 26.5 Å². The van der Waals surface area contributed by atoms with E-state index in [1.165, 1.54) is 10.4 Å². The van der Waals surface area contributed by atoms with Gasteiger partial charge >= 0.3 is 0 Å². The molecule has 132 valence electrons. The monoisotopic (exact) mass is 428 g/mol. The fraction of sp³-hybridized carbons (Fsp3) is 0.211. The zero-order valence-electron chi connectivity index (χ0n) is 14.0. The molecule has 0 unspecified atom stereocenters. The molecule has 0 atom stereocenters. The first-order valence-electron chi connectivity index (χ1n) is 8.34. The van der Waals surface area contributed by atoms with E-state index in [2.05, 4.69) is 60.4 Å². The van der Waals surface area contributed by atoms with Crippen molar-refractivity contribution in [1.82, 2.24) is 14.9 Å². The molecule has 26 heavy (non-hydrogen) atoms. The quantitative estimate of drug-likeness (QED) is 0.678. The fourth-order valence-corrected chi connectivity index (χ4v) is 4.39. The molecule has 1 aliphatic heterocycles. The Bertz CT molecular complexity index is 928. The van der Waals surface area contributed by atoms with Crippen molar-refractivity contribution in [3.05, 3.63) is 75.0 Å². The molecule has 0 aliphatic carbocycles. The van der Waals surface area contributed by atoms with E-state index in [0.29, 0.717) is 10.7 Å². The minimum Gasteiger partial charge on any atom is -0.298 e. The maximum atomic E-state index is 12.4. The number of carbonyl (C=O) groups excluding carboxylic acids is 1. The zero-order valence-corrected chi connectivity index (χ0v) is 16.4. The lowest BCUT2D eigenvalue weighted by Crippen LogP contribution is -2.29. The molecule has 3 heterocycles. The van der Waals surface area contributed by atoms with Gasteiger partial charge in [0, 0.05) is 47.8 Å². The Morgan fingerprint density at radius 2 is 2.12 bits per heavy atom. The summed E-state index contributed by atoms with van der Waals surface area (Å²) in [6.45, 7) is 2.79. The molecular formula is C19H17BrN4OS. The number of thiazole rings is 1. The Morgan fingerprint density at radius 3 is 2.92 bits per heavy atom. The number of carbonyl (C=O) groups is 1. The molecule has 1 aromatic carbocycles. The van der Waals surface area contributed by atoms with Gasteiger partial charge in [0.05, 0.1) is 11.3 Å². The van der Waals surface area contributed by atoms with Gasteiger partial charge < -0.3 is 0 Å². The van der Waals surface area contributed by atoms with Crippen molar-refractivity contribution in [3.8, 4) is 0 Å². The molecule has 1 amide bonds. The lowest BCUT2D eigenvalue weighted by molar-refractivity contribution is 0.102. The summed E-state index contributed by atoms with van der Waals surface area (Å²) in [6, 6.07) is 12.2. The van der Waals surface area contributed by atoms with Gasteiger partial charge in [0.2, 0.25) is 0 Å². The molecule has 1 aliphatic rings. The highest BCUT2D eigenvalue weighted by molar-refractivity contribution is 9.10. The highest BCUT2D eigenvalue weighted by atomic mass is 79.9. The predicted molar refractivity (Wildman–Crippen MR) is 106 cm³/mol. The highest BCUT2D eigenvalue weighted by Gasteiger charge is 2.21. The molecule has 1 N–H and O–H groups in total. The van der Waals surface area contributed by atoms with Gasteiger partial charge in [-0.05, 0) is 27.6 Å². The molecule has 7 heteroatoms. The van der Waals surface area contributed by atoms with Crippen LogP contribution < -0.4 is 5.32 Å². The first-order chi connectivity index (χ1) is 12.7. The van der Waals surface area contributed by atoms with E-state index in [0.717, 1.165) is 36.2 Å². The normalized spacial score (nSPS) is 14.0.